The Kier molecular flexibility index (Phi) is 3.73. The van der Waals surface area contributed by atoms with Crippen molar-refractivity contribution in [2.45, 2.75) is 56.5 Å². The molecular formula is C14H18F2N2O2S. The standard InChI is InChI=1S/C14H18F2N2O2S/c15-14(16)6-4-13(20,5-7-14)8-17-11(19)12-18-9-2-1-3-10(9)21-12/h20H,1-8H2,(H,17,19). The van der Waals surface area contributed by atoms with Gasteiger partial charge >= 0.3 is 0 Å². The van der Waals surface area contributed by atoms with Gasteiger partial charge in [-0.1, -0.05) is 0 Å². The van der Waals surface area contributed by atoms with Gasteiger partial charge in [0.1, 0.15) is 0 Å². The minimum Gasteiger partial charge on any atom is -0.388 e. The zero-order chi connectivity index (χ0) is 15.1. The summed E-state index contributed by atoms with van der Waals surface area (Å²) in [6, 6.07) is 0. The van der Waals surface area contributed by atoms with E-state index in [1.165, 1.54) is 11.3 Å². The summed E-state index contributed by atoms with van der Waals surface area (Å²) in [5.74, 6) is -3.01. The second-order valence-electron chi connectivity index (χ2n) is 6.01. The third-order valence-corrected chi connectivity index (χ3v) is 5.44. The van der Waals surface area contributed by atoms with Crippen molar-refractivity contribution in [2.24, 2.45) is 0 Å². The maximum absolute atomic E-state index is 13.1. The number of rotatable bonds is 3. The molecule has 1 amide bonds. The minimum absolute atomic E-state index is 0.00611. The van der Waals surface area contributed by atoms with Crippen molar-refractivity contribution in [1.29, 1.82) is 0 Å². The highest BCUT2D eigenvalue weighted by Crippen LogP contribution is 2.38. The summed E-state index contributed by atoms with van der Waals surface area (Å²) < 4.78 is 26.2. The molecule has 2 aliphatic rings. The van der Waals surface area contributed by atoms with Crippen LogP contribution >= 0.6 is 11.3 Å². The second-order valence-corrected chi connectivity index (χ2v) is 7.09. The number of hydrogen-bond donors (Lipinski definition) is 2. The van der Waals surface area contributed by atoms with Crippen LogP contribution in [-0.2, 0) is 12.8 Å². The first-order valence-corrected chi connectivity index (χ1v) is 8.06. The van der Waals surface area contributed by atoms with Crippen LogP contribution in [0.15, 0.2) is 0 Å². The molecule has 0 atom stereocenters. The molecule has 7 heteroatoms. The lowest BCUT2D eigenvalue weighted by atomic mass is 9.83. The molecule has 4 nitrogen and oxygen atoms in total. The lowest BCUT2D eigenvalue weighted by Crippen LogP contribution is -2.47. The van der Waals surface area contributed by atoms with Crippen molar-refractivity contribution in [3.63, 3.8) is 0 Å². The first-order valence-electron chi connectivity index (χ1n) is 7.24. The molecule has 2 aliphatic carbocycles. The highest BCUT2D eigenvalue weighted by Gasteiger charge is 2.42. The largest absolute Gasteiger partial charge is 0.388 e. The Morgan fingerprint density at radius 2 is 2.00 bits per heavy atom. The second kappa shape index (κ2) is 5.28. The molecule has 0 unspecified atom stereocenters. The predicted molar refractivity (Wildman–Crippen MR) is 74.8 cm³/mol. The third kappa shape index (κ3) is 3.23. The lowest BCUT2D eigenvalue weighted by Gasteiger charge is -2.35. The Morgan fingerprint density at radius 3 is 2.67 bits per heavy atom. The van der Waals surface area contributed by atoms with Gasteiger partial charge in [-0.15, -0.1) is 11.3 Å². The maximum atomic E-state index is 13.1. The molecule has 3 rings (SSSR count). The van der Waals surface area contributed by atoms with Crippen LogP contribution in [0.5, 0.6) is 0 Å². The van der Waals surface area contributed by atoms with E-state index in [0.29, 0.717) is 5.01 Å². The molecule has 0 bridgehead atoms. The normalized spacial score (nSPS) is 22.8. The van der Waals surface area contributed by atoms with Gasteiger partial charge in [-0.25, -0.2) is 13.8 Å². The summed E-state index contributed by atoms with van der Waals surface area (Å²) in [4.78, 5) is 17.5. The van der Waals surface area contributed by atoms with Crippen molar-refractivity contribution >= 4 is 17.2 Å². The number of aromatic nitrogens is 1. The van der Waals surface area contributed by atoms with E-state index in [4.69, 9.17) is 0 Å². The van der Waals surface area contributed by atoms with Crippen LogP contribution in [0.2, 0.25) is 0 Å². The fourth-order valence-electron chi connectivity index (χ4n) is 2.87. The molecule has 0 aromatic carbocycles. The summed E-state index contributed by atoms with van der Waals surface area (Å²) in [5.41, 5.74) is -0.224. The van der Waals surface area contributed by atoms with E-state index in [9.17, 15) is 18.7 Å². The molecule has 0 aliphatic heterocycles. The molecule has 1 saturated carbocycles. The van der Waals surface area contributed by atoms with Gasteiger partial charge < -0.3 is 10.4 Å². The lowest BCUT2D eigenvalue weighted by molar-refractivity contribution is -0.101. The Balaban J connectivity index is 1.56. The van der Waals surface area contributed by atoms with Gasteiger partial charge in [0.25, 0.3) is 5.91 Å². The summed E-state index contributed by atoms with van der Waals surface area (Å²) in [6.07, 6.45) is 2.33. The average molecular weight is 316 g/mol. The highest BCUT2D eigenvalue weighted by molar-refractivity contribution is 7.13. The number of amides is 1. The topological polar surface area (TPSA) is 62.2 Å². The van der Waals surface area contributed by atoms with Crippen LogP contribution in [0.4, 0.5) is 8.78 Å². The fraction of sp³-hybridized carbons (Fsp3) is 0.714. The Labute approximate surface area is 125 Å². The molecule has 116 valence electrons. The molecule has 0 spiro atoms. The number of fused-ring (bicyclic) bond motifs is 1. The van der Waals surface area contributed by atoms with Crippen LogP contribution < -0.4 is 5.32 Å². The van der Waals surface area contributed by atoms with E-state index >= 15 is 0 Å². The molecule has 1 heterocycles. The van der Waals surface area contributed by atoms with Crippen LogP contribution in [0.3, 0.4) is 0 Å². The van der Waals surface area contributed by atoms with E-state index < -0.39 is 11.5 Å². The van der Waals surface area contributed by atoms with Crippen molar-refractivity contribution in [3.05, 3.63) is 15.6 Å². The molecular weight excluding hydrogens is 298 g/mol. The number of alkyl halides is 2. The number of carbonyl (C=O) groups is 1. The smallest absolute Gasteiger partial charge is 0.280 e. The number of carbonyl (C=O) groups excluding carboxylic acids is 1. The fourth-order valence-corrected chi connectivity index (χ4v) is 3.93. The molecule has 1 aromatic rings. The van der Waals surface area contributed by atoms with Crippen LogP contribution in [-0.4, -0.2) is 34.1 Å². The summed E-state index contributed by atoms with van der Waals surface area (Å²) in [6.45, 7) is 0.00611. The van der Waals surface area contributed by atoms with Gasteiger partial charge in [0, 0.05) is 24.3 Å². The molecule has 2 N–H and O–H groups in total. The van der Waals surface area contributed by atoms with E-state index in [0.717, 1.165) is 29.8 Å². The van der Waals surface area contributed by atoms with E-state index in [1.807, 2.05) is 0 Å². The Bertz CT molecular complexity index is 528. The van der Waals surface area contributed by atoms with E-state index in [2.05, 4.69) is 10.3 Å². The van der Waals surface area contributed by atoms with Crippen LogP contribution in [0.1, 0.15) is 52.5 Å². The summed E-state index contributed by atoms with van der Waals surface area (Å²) >= 11 is 1.39. The van der Waals surface area contributed by atoms with Gasteiger partial charge in [-0.3, -0.25) is 4.79 Å². The number of nitrogens with zero attached hydrogens (tertiary/aromatic N) is 1. The number of thiazole rings is 1. The molecule has 1 aromatic heterocycles. The van der Waals surface area contributed by atoms with Crippen molar-refractivity contribution in [2.75, 3.05) is 6.54 Å². The average Bonchev–Trinajstić information content (AvgIpc) is 3.01. The molecule has 0 saturated heterocycles. The van der Waals surface area contributed by atoms with E-state index in [-0.39, 0.29) is 38.1 Å². The SMILES string of the molecule is O=C(NCC1(O)CCC(F)(F)CC1)c1nc2c(s1)CCC2. The zero-order valence-corrected chi connectivity index (χ0v) is 12.4. The van der Waals surface area contributed by atoms with Gasteiger partial charge in [0.2, 0.25) is 5.92 Å². The minimum atomic E-state index is -2.69. The number of nitrogens with one attached hydrogen (secondary N) is 1. The monoisotopic (exact) mass is 316 g/mol. The van der Waals surface area contributed by atoms with Crippen molar-refractivity contribution in [3.8, 4) is 0 Å². The van der Waals surface area contributed by atoms with Gasteiger partial charge in [-0.05, 0) is 32.1 Å². The quantitative estimate of drug-likeness (QED) is 0.899. The zero-order valence-electron chi connectivity index (χ0n) is 11.6. The van der Waals surface area contributed by atoms with Gasteiger partial charge in [0.15, 0.2) is 5.01 Å². The highest BCUT2D eigenvalue weighted by atomic mass is 32.1. The first kappa shape index (κ1) is 14.8. The molecule has 21 heavy (non-hydrogen) atoms. The first-order chi connectivity index (χ1) is 9.87. The summed E-state index contributed by atoms with van der Waals surface area (Å²) in [5, 5.41) is 13.3. The number of halogens is 2. The third-order valence-electron chi connectivity index (χ3n) is 4.28. The van der Waals surface area contributed by atoms with E-state index in [1.54, 1.807) is 0 Å². The Hall–Kier alpha value is -1.08. The number of aryl methyl sites for hydroxylation is 2. The number of aliphatic hydroxyl groups is 1. The van der Waals surface area contributed by atoms with Crippen LogP contribution in [0, 0.1) is 0 Å². The number of hydrogen-bond acceptors (Lipinski definition) is 4. The Morgan fingerprint density at radius 1 is 1.29 bits per heavy atom. The molecule has 0 radical (unpaired) electrons. The van der Waals surface area contributed by atoms with Crippen molar-refractivity contribution < 1.29 is 18.7 Å². The predicted octanol–water partition coefficient (Wildman–Crippen LogP) is 2.30. The molecule has 1 fully saturated rings. The van der Waals surface area contributed by atoms with Gasteiger partial charge in [0.05, 0.1) is 11.3 Å². The van der Waals surface area contributed by atoms with Crippen LogP contribution in [0.25, 0.3) is 0 Å². The summed E-state index contributed by atoms with van der Waals surface area (Å²) in [7, 11) is 0. The van der Waals surface area contributed by atoms with Crippen molar-refractivity contribution in [1.82, 2.24) is 10.3 Å². The maximum Gasteiger partial charge on any atom is 0.280 e. The van der Waals surface area contributed by atoms with Gasteiger partial charge in [-0.2, -0.15) is 0 Å².